The van der Waals surface area contributed by atoms with E-state index in [-0.39, 0.29) is 11.4 Å². The second kappa shape index (κ2) is 6.14. The minimum Gasteiger partial charge on any atom is -0.365 e. The van der Waals surface area contributed by atoms with Crippen LogP contribution in [0.3, 0.4) is 0 Å². The number of aromatic nitrogens is 1. The highest BCUT2D eigenvalue weighted by Crippen LogP contribution is 2.30. The lowest BCUT2D eigenvalue weighted by atomic mass is 10.2. The van der Waals surface area contributed by atoms with Crippen LogP contribution in [0.4, 0.5) is 19.0 Å². The summed E-state index contributed by atoms with van der Waals surface area (Å²) < 4.78 is 37.8. The van der Waals surface area contributed by atoms with Crippen molar-refractivity contribution < 1.29 is 18.0 Å². The fourth-order valence-electron chi connectivity index (χ4n) is 1.42. The predicted molar refractivity (Wildman–Crippen MR) is 69.4 cm³/mol. The molecule has 1 amide bonds. The second-order valence-electron chi connectivity index (χ2n) is 3.84. The molecule has 0 aliphatic rings. The molecule has 1 aromatic rings. The summed E-state index contributed by atoms with van der Waals surface area (Å²) in [6, 6.07) is 1.81. The van der Waals surface area contributed by atoms with E-state index in [0.29, 0.717) is 12.3 Å². The molecule has 1 aromatic heterocycles. The largest absolute Gasteiger partial charge is 0.433 e. The summed E-state index contributed by atoms with van der Waals surface area (Å²) in [7, 11) is 1.57. The van der Waals surface area contributed by atoms with Crippen molar-refractivity contribution in [1.82, 2.24) is 4.98 Å². The standard InChI is InChI=1S/C11H14F3N3OS/c1-17(5-6-19-2)10-7(9(15)18)3-4-8(16-10)11(12,13)14/h3-4H,5-6H2,1-2H3,(H2,15,18). The molecule has 8 heteroatoms. The lowest BCUT2D eigenvalue weighted by Gasteiger charge is -2.21. The third kappa shape index (κ3) is 4.02. The van der Waals surface area contributed by atoms with Gasteiger partial charge in [0, 0.05) is 19.3 Å². The second-order valence-corrected chi connectivity index (χ2v) is 4.83. The molecule has 19 heavy (non-hydrogen) atoms. The third-order valence-corrected chi connectivity index (χ3v) is 3.01. The molecule has 0 aliphatic heterocycles. The van der Waals surface area contributed by atoms with Gasteiger partial charge in [0.05, 0.1) is 5.56 Å². The SMILES string of the molecule is CSCCN(C)c1nc(C(F)(F)F)ccc1C(N)=O. The molecule has 106 valence electrons. The fourth-order valence-corrected chi connectivity index (χ4v) is 1.88. The molecule has 0 fully saturated rings. The lowest BCUT2D eigenvalue weighted by molar-refractivity contribution is -0.141. The van der Waals surface area contributed by atoms with E-state index in [4.69, 9.17) is 5.73 Å². The number of amides is 1. The van der Waals surface area contributed by atoms with Crippen LogP contribution in [-0.2, 0) is 6.18 Å². The number of rotatable bonds is 5. The number of anilines is 1. The van der Waals surface area contributed by atoms with Crippen LogP contribution < -0.4 is 10.6 Å². The van der Waals surface area contributed by atoms with Gasteiger partial charge in [0.1, 0.15) is 11.5 Å². The van der Waals surface area contributed by atoms with Gasteiger partial charge in [0.15, 0.2) is 0 Å². The van der Waals surface area contributed by atoms with E-state index in [1.807, 2.05) is 6.26 Å². The van der Waals surface area contributed by atoms with Crippen molar-refractivity contribution in [3.63, 3.8) is 0 Å². The molecule has 0 unspecified atom stereocenters. The number of carbonyl (C=O) groups excluding carboxylic acids is 1. The number of hydrogen-bond donors (Lipinski definition) is 1. The van der Waals surface area contributed by atoms with Crippen molar-refractivity contribution >= 4 is 23.5 Å². The van der Waals surface area contributed by atoms with Crippen molar-refractivity contribution in [3.05, 3.63) is 23.4 Å². The number of halogens is 3. The topological polar surface area (TPSA) is 59.2 Å². The molecule has 0 atom stereocenters. The van der Waals surface area contributed by atoms with Crippen LogP contribution in [0.5, 0.6) is 0 Å². The Morgan fingerprint density at radius 2 is 2.11 bits per heavy atom. The van der Waals surface area contributed by atoms with Gasteiger partial charge in [0.25, 0.3) is 5.91 Å². The molecule has 0 aliphatic carbocycles. The summed E-state index contributed by atoms with van der Waals surface area (Å²) in [6.07, 6.45) is -2.67. The number of hydrogen-bond acceptors (Lipinski definition) is 4. The van der Waals surface area contributed by atoms with Crippen LogP contribution in [0, 0.1) is 0 Å². The molecular weight excluding hydrogens is 279 g/mol. The highest BCUT2D eigenvalue weighted by molar-refractivity contribution is 7.98. The van der Waals surface area contributed by atoms with Crippen molar-refractivity contribution in [2.24, 2.45) is 5.73 Å². The van der Waals surface area contributed by atoms with Crippen LogP contribution in [0.15, 0.2) is 12.1 Å². The van der Waals surface area contributed by atoms with E-state index in [2.05, 4.69) is 4.98 Å². The molecule has 0 aromatic carbocycles. The smallest absolute Gasteiger partial charge is 0.365 e. The summed E-state index contributed by atoms with van der Waals surface area (Å²) in [5.74, 6) is -0.143. The number of alkyl halides is 3. The Morgan fingerprint density at radius 1 is 1.47 bits per heavy atom. The molecular formula is C11H14F3N3OS. The minimum absolute atomic E-state index is 0.0170. The molecule has 0 spiro atoms. The maximum Gasteiger partial charge on any atom is 0.433 e. The van der Waals surface area contributed by atoms with Crippen LogP contribution in [-0.4, -0.2) is 36.5 Å². The van der Waals surface area contributed by atoms with E-state index in [0.717, 1.165) is 12.1 Å². The van der Waals surface area contributed by atoms with Gasteiger partial charge in [-0.1, -0.05) is 0 Å². The van der Waals surface area contributed by atoms with Gasteiger partial charge in [0.2, 0.25) is 0 Å². The Bertz CT molecular complexity index is 465. The lowest BCUT2D eigenvalue weighted by Crippen LogP contribution is -2.27. The van der Waals surface area contributed by atoms with Crippen LogP contribution in [0.1, 0.15) is 16.1 Å². The molecule has 1 rings (SSSR count). The number of nitrogens with two attached hydrogens (primary N) is 1. The summed E-state index contributed by atoms with van der Waals surface area (Å²) in [4.78, 5) is 16.2. The quantitative estimate of drug-likeness (QED) is 0.902. The van der Waals surface area contributed by atoms with Gasteiger partial charge in [-0.25, -0.2) is 4.98 Å². The molecule has 0 radical (unpaired) electrons. The minimum atomic E-state index is -4.55. The Balaban J connectivity index is 3.19. The summed E-state index contributed by atoms with van der Waals surface area (Å²) >= 11 is 1.54. The number of nitrogens with zero attached hydrogens (tertiary/aromatic N) is 2. The zero-order valence-corrected chi connectivity index (χ0v) is 11.3. The first-order valence-corrected chi connectivity index (χ1v) is 6.75. The normalized spacial score (nSPS) is 11.4. The zero-order valence-electron chi connectivity index (χ0n) is 10.5. The van der Waals surface area contributed by atoms with Crippen LogP contribution in [0.2, 0.25) is 0 Å². The summed E-state index contributed by atoms with van der Waals surface area (Å²) in [5.41, 5.74) is 4.09. The van der Waals surface area contributed by atoms with Gasteiger partial charge in [-0.2, -0.15) is 24.9 Å². The number of pyridine rings is 1. The number of primary amides is 1. The van der Waals surface area contributed by atoms with Crippen LogP contribution >= 0.6 is 11.8 Å². The van der Waals surface area contributed by atoms with Crippen molar-refractivity contribution in [1.29, 1.82) is 0 Å². The maximum absolute atomic E-state index is 12.6. The molecule has 1 heterocycles. The fraction of sp³-hybridized carbons (Fsp3) is 0.455. The molecule has 4 nitrogen and oxygen atoms in total. The maximum atomic E-state index is 12.6. The zero-order chi connectivity index (χ0) is 14.6. The highest BCUT2D eigenvalue weighted by atomic mass is 32.2. The van der Waals surface area contributed by atoms with Crippen LogP contribution in [0.25, 0.3) is 0 Å². The van der Waals surface area contributed by atoms with E-state index >= 15 is 0 Å². The highest BCUT2D eigenvalue weighted by Gasteiger charge is 2.33. The third-order valence-electron chi connectivity index (χ3n) is 2.42. The van der Waals surface area contributed by atoms with Gasteiger partial charge in [-0.15, -0.1) is 0 Å². The van der Waals surface area contributed by atoms with E-state index in [9.17, 15) is 18.0 Å². The molecule has 0 saturated heterocycles. The van der Waals surface area contributed by atoms with Gasteiger partial charge in [-0.3, -0.25) is 4.79 Å². The number of thioether (sulfide) groups is 1. The molecule has 0 bridgehead atoms. The summed E-state index contributed by atoms with van der Waals surface area (Å²) in [5, 5.41) is 0. The molecule has 0 saturated carbocycles. The van der Waals surface area contributed by atoms with Gasteiger partial charge < -0.3 is 10.6 Å². The van der Waals surface area contributed by atoms with Crippen molar-refractivity contribution in [3.8, 4) is 0 Å². The Kier molecular flexibility index (Phi) is 5.04. The van der Waals surface area contributed by atoms with Gasteiger partial charge >= 0.3 is 6.18 Å². The van der Waals surface area contributed by atoms with Crippen molar-refractivity contribution in [2.45, 2.75) is 6.18 Å². The first kappa shape index (κ1) is 15.6. The predicted octanol–water partition coefficient (Wildman–Crippen LogP) is 2.00. The average Bonchev–Trinajstić information content (AvgIpc) is 2.33. The van der Waals surface area contributed by atoms with E-state index in [1.54, 1.807) is 18.8 Å². The first-order valence-electron chi connectivity index (χ1n) is 5.35. The average molecular weight is 293 g/mol. The van der Waals surface area contributed by atoms with Gasteiger partial charge in [-0.05, 0) is 18.4 Å². The number of carbonyl (C=O) groups is 1. The Morgan fingerprint density at radius 3 is 2.58 bits per heavy atom. The first-order chi connectivity index (χ1) is 8.77. The Hall–Kier alpha value is -1.44. The van der Waals surface area contributed by atoms with E-state index < -0.39 is 17.8 Å². The van der Waals surface area contributed by atoms with Crippen molar-refractivity contribution in [2.75, 3.05) is 30.5 Å². The Labute approximate surface area is 113 Å². The monoisotopic (exact) mass is 293 g/mol. The summed E-state index contributed by atoms with van der Waals surface area (Å²) in [6.45, 7) is 0.468. The molecule has 2 N–H and O–H groups in total. The van der Waals surface area contributed by atoms with E-state index in [1.165, 1.54) is 4.90 Å².